The number of nitro benzene ring substituents is 2. The lowest BCUT2D eigenvalue weighted by molar-refractivity contribution is -0.394. The van der Waals surface area contributed by atoms with Gasteiger partial charge in [0.2, 0.25) is 11.5 Å². The van der Waals surface area contributed by atoms with Crippen LogP contribution in [0.5, 0.6) is 11.5 Å². The molecule has 148 valence electrons. The van der Waals surface area contributed by atoms with Gasteiger partial charge in [0.05, 0.1) is 20.8 Å². The first-order valence-electron chi connectivity index (χ1n) is 8.66. The van der Waals surface area contributed by atoms with Crippen LogP contribution in [0.2, 0.25) is 0 Å². The highest BCUT2D eigenvalue weighted by atomic mass is 32.2. The van der Waals surface area contributed by atoms with Crippen molar-refractivity contribution >= 4 is 35.0 Å². The van der Waals surface area contributed by atoms with E-state index in [1.165, 1.54) is 17.8 Å². The molecule has 4 rings (SSSR count). The molecule has 30 heavy (non-hydrogen) atoms. The SMILES string of the molecule is O=C1/C(=C/c2cccc(Oc3ccc([N+](=O)[O-])cc3[N+](=O)[O-])c2)Sc2ccccc21. The van der Waals surface area contributed by atoms with Crippen LogP contribution >= 0.6 is 11.8 Å². The fourth-order valence-corrected chi connectivity index (χ4v) is 3.98. The van der Waals surface area contributed by atoms with Crippen molar-refractivity contribution in [3.8, 4) is 11.5 Å². The molecular weight excluding hydrogens is 408 g/mol. The number of hydrogen-bond acceptors (Lipinski definition) is 7. The summed E-state index contributed by atoms with van der Waals surface area (Å²) in [5.74, 6) is 0.122. The fraction of sp³-hybridized carbons (Fsp3) is 0. The number of benzene rings is 3. The van der Waals surface area contributed by atoms with Crippen molar-refractivity contribution in [3.63, 3.8) is 0 Å². The minimum absolute atomic E-state index is 0.0621. The van der Waals surface area contributed by atoms with Crippen LogP contribution < -0.4 is 4.74 Å². The van der Waals surface area contributed by atoms with E-state index in [-0.39, 0.29) is 11.5 Å². The predicted molar refractivity (Wildman–Crippen MR) is 111 cm³/mol. The second-order valence-electron chi connectivity index (χ2n) is 6.28. The standard InChI is InChI=1S/C21H12N2O6S/c24-21-16-6-1-2-7-19(16)30-20(21)11-13-4-3-5-15(10-13)29-18-9-8-14(22(25)26)12-17(18)23(27)28/h1-12H/b20-11-. The molecule has 1 heterocycles. The maximum atomic E-state index is 12.5. The molecule has 8 nitrogen and oxygen atoms in total. The third kappa shape index (κ3) is 3.78. The van der Waals surface area contributed by atoms with Gasteiger partial charge in [-0.3, -0.25) is 25.0 Å². The van der Waals surface area contributed by atoms with Gasteiger partial charge in [-0.15, -0.1) is 0 Å². The Morgan fingerprint density at radius 2 is 1.70 bits per heavy atom. The van der Waals surface area contributed by atoms with Gasteiger partial charge in [0.15, 0.2) is 0 Å². The number of hydrogen-bond donors (Lipinski definition) is 0. The number of ketones is 1. The van der Waals surface area contributed by atoms with Gasteiger partial charge >= 0.3 is 5.69 Å². The summed E-state index contributed by atoms with van der Waals surface area (Å²) in [6.45, 7) is 0. The summed E-state index contributed by atoms with van der Waals surface area (Å²) in [6.07, 6.45) is 1.73. The van der Waals surface area contributed by atoms with Crippen molar-refractivity contribution in [2.75, 3.05) is 0 Å². The van der Waals surface area contributed by atoms with E-state index < -0.39 is 21.2 Å². The Bertz CT molecular complexity index is 1240. The van der Waals surface area contributed by atoms with Gasteiger partial charge < -0.3 is 4.74 Å². The molecule has 1 aliphatic rings. The Balaban J connectivity index is 1.62. The summed E-state index contributed by atoms with van der Waals surface area (Å²) >= 11 is 1.38. The van der Waals surface area contributed by atoms with Crippen molar-refractivity contribution in [1.82, 2.24) is 0 Å². The van der Waals surface area contributed by atoms with Crippen LogP contribution in [0.4, 0.5) is 11.4 Å². The molecule has 3 aromatic carbocycles. The Morgan fingerprint density at radius 3 is 2.43 bits per heavy atom. The van der Waals surface area contributed by atoms with Crippen LogP contribution in [-0.4, -0.2) is 15.6 Å². The first kappa shape index (κ1) is 19.3. The highest BCUT2D eigenvalue weighted by Crippen LogP contribution is 2.41. The highest BCUT2D eigenvalue weighted by molar-refractivity contribution is 8.04. The smallest absolute Gasteiger partial charge is 0.318 e. The number of thioether (sulfide) groups is 1. The molecule has 9 heteroatoms. The number of carbonyl (C=O) groups excluding carboxylic acids is 1. The summed E-state index contributed by atoms with van der Waals surface area (Å²) < 4.78 is 5.61. The minimum atomic E-state index is -0.737. The summed E-state index contributed by atoms with van der Waals surface area (Å²) in [5.41, 5.74) is 0.428. The van der Waals surface area contributed by atoms with Gasteiger partial charge in [-0.1, -0.05) is 36.0 Å². The quantitative estimate of drug-likeness (QED) is 0.299. The number of allylic oxidation sites excluding steroid dienone is 1. The number of rotatable bonds is 5. The molecule has 0 radical (unpaired) electrons. The Labute approximate surface area is 174 Å². The second-order valence-corrected chi connectivity index (χ2v) is 7.36. The van der Waals surface area contributed by atoms with Crippen molar-refractivity contribution < 1.29 is 19.4 Å². The number of non-ortho nitro benzene ring substituents is 1. The molecule has 0 aliphatic carbocycles. The Kier molecular flexibility index (Phi) is 5.03. The van der Waals surface area contributed by atoms with Crippen molar-refractivity contribution in [2.45, 2.75) is 4.90 Å². The molecule has 0 unspecified atom stereocenters. The first-order chi connectivity index (χ1) is 14.4. The van der Waals surface area contributed by atoms with Gasteiger partial charge in [-0.2, -0.15) is 0 Å². The van der Waals surface area contributed by atoms with Gasteiger partial charge in [0.25, 0.3) is 5.69 Å². The first-order valence-corrected chi connectivity index (χ1v) is 9.48. The van der Waals surface area contributed by atoms with E-state index in [0.717, 1.165) is 17.0 Å². The number of nitro groups is 2. The van der Waals surface area contributed by atoms with Crippen molar-refractivity contribution in [3.05, 3.63) is 103 Å². The van der Waals surface area contributed by atoms with Gasteiger partial charge in [0.1, 0.15) is 5.75 Å². The highest BCUT2D eigenvalue weighted by Gasteiger charge is 2.25. The molecule has 0 saturated heterocycles. The second kappa shape index (κ2) is 7.80. The average molecular weight is 420 g/mol. The molecule has 0 spiro atoms. The number of ether oxygens (including phenoxy) is 1. The molecular formula is C21H12N2O6S. The zero-order chi connectivity index (χ0) is 21.3. The predicted octanol–water partition coefficient (Wildman–Crippen LogP) is 5.62. The third-order valence-corrected chi connectivity index (χ3v) is 5.41. The monoisotopic (exact) mass is 420 g/mol. The lowest BCUT2D eigenvalue weighted by atomic mass is 10.1. The van der Waals surface area contributed by atoms with Crippen molar-refractivity contribution in [1.29, 1.82) is 0 Å². The molecule has 0 N–H and O–H groups in total. The van der Waals surface area contributed by atoms with Gasteiger partial charge in [-0.25, -0.2) is 0 Å². The number of nitrogens with zero attached hydrogens (tertiary/aromatic N) is 2. The van der Waals surface area contributed by atoms with E-state index in [2.05, 4.69) is 0 Å². The maximum absolute atomic E-state index is 12.5. The van der Waals surface area contributed by atoms with Crippen LogP contribution in [0.15, 0.2) is 76.5 Å². The maximum Gasteiger partial charge on any atom is 0.318 e. The summed E-state index contributed by atoms with van der Waals surface area (Å²) in [7, 11) is 0. The number of carbonyl (C=O) groups is 1. The van der Waals surface area contributed by atoms with E-state index in [1.54, 1.807) is 36.4 Å². The number of Topliss-reactive ketones (excluding diaryl/α,β-unsaturated/α-hetero) is 1. The lowest BCUT2D eigenvalue weighted by Gasteiger charge is -2.07. The normalized spacial score (nSPS) is 13.9. The molecule has 0 fully saturated rings. The molecule has 0 saturated carbocycles. The van der Waals surface area contributed by atoms with E-state index in [0.29, 0.717) is 21.8 Å². The molecule has 1 aliphatic heterocycles. The summed E-state index contributed by atoms with van der Waals surface area (Å²) in [6, 6.07) is 17.2. The lowest BCUT2D eigenvalue weighted by Crippen LogP contribution is -1.96. The fourth-order valence-electron chi connectivity index (χ4n) is 2.93. The van der Waals surface area contributed by atoms with Gasteiger partial charge in [-0.05, 0) is 42.0 Å². The average Bonchev–Trinajstić information content (AvgIpc) is 3.04. The molecule has 0 amide bonds. The van der Waals surface area contributed by atoms with Crippen LogP contribution in [0.25, 0.3) is 6.08 Å². The van der Waals surface area contributed by atoms with Crippen LogP contribution in [0.3, 0.4) is 0 Å². The van der Waals surface area contributed by atoms with Crippen molar-refractivity contribution in [2.24, 2.45) is 0 Å². The van der Waals surface area contributed by atoms with Gasteiger partial charge in [0, 0.05) is 16.5 Å². The molecule has 0 aromatic heterocycles. The minimum Gasteiger partial charge on any atom is -0.450 e. The summed E-state index contributed by atoms with van der Waals surface area (Å²) in [5, 5.41) is 22.2. The topological polar surface area (TPSA) is 113 Å². The Morgan fingerprint density at radius 1 is 0.900 bits per heavy atom. The molecule has 3 aromatic rings. The van der Waals surface area contributed by atoms with E-state index in [4.69, 9.17) is 4.74 Å². The van der Waals surface area contributed by atoms with E-state index in [1.807, 2.05) is 18.2 Å². The van der Waals surface area contributed by atoms with Crippen LogP contribution in [0, 0.1) is 20.2 Å². The van der Waals surface area contributed by atoms with E-state index in [9.17, 15) is 25.0 Å². The zero-order valence-electron chi connectivity index (χ0n) is 15.2. The third-order valence-electron chi connectivity index (χ3n) is 4.31. The number of fused-ring (bicyclic) bond motifs is 1. The zero-order valence-corrected chi connectivity index (χ0v) is 16.0. The Hall–Kier alpha value is -3.98. The summed E-state index contributed by atoms with van der Waals surface area (Å²) in [4.78, 5) is 34.7. The van der Waals surface area contributed by atoms with Crippen LogP contribution in [-0.2, 0) is 0 Å². The van der Waals surface area contributed by atoms with E-state index >= 15 is 0 Å². The largest absolute Gasteiger partial charge is 0.450 e. The molecule has 0 atom stereocenters. The van der Waals surface area contributed by atoms with Crippen LogP contribution in [0.1, 0.15) is 15.9 Å². The molecule has 0 bridgehead atoms.